The summed E-state index contributed by atoms with van der Waals surface area (Å²) in [6.07, 6.45) is 6.17. The van der Waals surface area contributed by atoms with Gasteiger partial charge < -0.3 is 9.88 Å². The molecule has 0 fully saturated rings. The molecule has 2 heterocycles. The number of aryl methyl sites for hydroxylation is 2. The Labute approximate surface area is 88.0 Å². The van der Waals surface area contributed by atoms with Crippen LogP contribution in [0.1, 0.15) is 5.82 Å². The van der Waals surface area contributed by atoms with E-state index in [1.807, 2.05) is 24.9 Å². The maximum absolute atomic E-state index is 4.19. The number of rotatable bonds is 4. The molecule has 2 rings (SSSR count). The Morgan fingerprint density at radius 2 is 2.20 bits per heavy atom. The zero-order valence-corrected chi connectivity index (χ0v) is 8.88. The minimum atomic E-state index is 0.787. The van der Waals surface area contributed by atoms with Gasteiger partial charge in [-0.05, 0) is 0 Å². The van der Waals surface area contributed by atoms with Crippen LogP contribution in [0.2, 0.25) is 0 Å². The second-order valence-corrected chi connectivity index (χ2v) is 3.37. The molecule has 0 spiro atoms. The first kappa shape index (κ1) is 9.70. The Morgan fingerprint density at radius 3 is 2.80 bits per heavy atom. The first-order valence-electron chi connectivity index (χ1n) is 4.81. The second kappa shape index (κ2) is 4.12. The highest BCUT2D eigenvalue weighted by atomic mass is 15.3. The molecule has 0 amide bonds. The first-order chi connectivity index (χ1) is 7.25. The molecule has 0 saturated carbocycles. The van der Waals surface area contributed by atoms with E-state index in [4.69, 9.17) is 0 Å². The fourth-order valence-electron chi connectivity index (χ4n) is 1.32. The maximum atomic E-state index is 4.19. The average Bonchev–Trinajstić information content (AvgIpc) is 2.77. The third-order valence-electron chi connectivity index (χ3n) is 2.10. The predicted molar refractivity (Wildman–Crippen MR) is 56.4 cm³/mol. The second-order valence-electron chi connectivity index (χ2n) is 3.37. The van der Waals surface area contributed by atoms with E-state index in [1.165, 1.54) is 0 Å². The highest BCUT2D eigenvalue weighted by Crippen LogP contribution is 2.00. The van der Waals surface area contributed by atoms with E-state index < -0.39 is 0 Å². The molecule has 0 bridgehead atoms. The molecular weight excluding hydrogens is 192 g/mol. The van der Waals surface area contributed by atoms with Crippen LogP contribution in [0.3, 0.4) is 0 Å². The van der Waals surface area contributed by atoms with Crippen LogP contribution in [0.15, 0.2) is 18.7 Å². The van der Waals surface area contributed by atoms with Gasteiger partial charge in [0, 0.05) is 39.5 Å². The summed E-state index contributed by atoms with van der Waals surface area (Å²) in [5, 5.41) is 7.40. The van der Waals surface area contributed by atoms with Gasteiger partial charge in [-0.15, -0.1) is 0 Å². The molecule has 0 atom stereocenters. The summed E-state index contributed by atoms with van der Waals surface area (Å²) >= 11 is 0. The van der Waals surface area contributed by atoms with Gasteiger partial charge in [-0.2, -0.15) is 5.10 Å². The van der Waals surface area contributed by atoms with Gasteiger partial charge in [0.2, 0.25) is 5.95 Å². The van der Waals surface area contributed by atoms with E-state index in [2.05, 4.69) is 20.4 Å². The van der Waals surface area contributed by atoms with Gasteiger partial charge in [0.15, 0.2) is 5.82 Å². The molecule has 2 aromatic heterocycles. The van der Waals surface area contributed by atoms with Crippen molar-refractivity contribution in [3.8, 4) is 0 Å². The molecule has 6 heteroatoms. The lowest BCUT2D eigenvalue weighted by Crippen LogP contribution is -2.09. The molecule has 1 N–H and O–H groups in total. The third-order valence-corrected chi connectivity index (χ3v) is 2.10. The molecule has 2 aromatic rings. The topological polar surface area (TPSA) is 60.6 Å². The van der Waals surface area contributed by atoms with Gasteiger partial charge in [0.25, 0.3) is 0 Å². The summed E-state index contributed by atoms with van der Waals surface area (Å²) in [4.78, 5) is 8.30. The van der Waals surface area contributed by atoms with Crippen LogP contribution in [0.4, 0.5) is 5.95 Å². The van der Waals surface area contributed by atoms with Crippen molar-refractivity contribution in [1.82, 2.24) is 24.3 Å². The Bertz CT molecular complexity index is 429. The Kier molecular flexibility index (Phi) is 2.66. The van der Waals surface area contributed by atoms with E-state index in [-0.39, 0.29) is 0 Å². The molecule has 0 radical (unpaired) electrons. The maximum Gasteiger partial charge on any atom is 0.202 e. The number of nitrogens with zero attached hydrogens (tertiary/aromatic N) is 5. The Balaban J connectivity index is 1.83. The minimum Gasteiger partial charge on any atom is -0.355 e. The summed E-state index contributed by atoms with van der Waals surface area (Å²) < 4.78 is 3.64. The molecule has 0 saturated heterocycles. The molecule has 6 nitrogen and oxygen atoms in total. The summed E-state index contributed by atoms with van der Waals surface area (Å²) in [5.74, 6) is 1.71. The SMILES string of the molecule is Cn1cnc(CCNc2nccn2C)n1. The summed E-state index contributed by atoms with van der Waals surface area (Å²) in [7, 11) is 3.82. The number of aromatic nitrogens is 5. The van der Waals surface area contributed by atoms with Crippen molar-refractivity contribution < 1.29 is 0 Å². The average molecular weight is 206 g/mol. The van der Waals surface area contributed by atoms with E-state index in [9.17, 15) is 0 Å². The van der Waals surface area contributed by atoms with Gasteiger partial charge in [-0.25, -0.2) is 9.97 Å². The van der Waals surface area contributed by atoms with Gasteiger partial charge in [-0.1, -0.05) is 0 Å². The molecule has 80 valence electrons. The van der Waals surface area contributed by atoms with Gasteiger partial charge in [0.1, 0.15) is 6.33 Å². The zero-order valence-electron chi connectivity index (χ0n) is 8.88. The highest BCUT2D eigenvalue weighted by Gasteiger charge is 2.00. The van der Waals surface area contributed by atoms with Crippen LogP contribution in [-0.2, 0) is 20.5 Å². The summed E-state index contributed by atoms with van der Waals surface area (Å²) in [6.45, 7) is 0.787. The Hall–Kier alpha value is -1.85. The number of hydrogen-bond donors (Lipinski definition) is 1. The molecule has 0 aromatic carbocycles. The van der Waals surface area contributed by atoms with Gasteiger partial charge >= 0.3 is 0 Å². The van der Waals surface area contributed by atoms with E-state index in [1.54, 1.807) is 17.2 Å². The predicted octanol–water partition coefficient (Wildman–Crippen LogP) is 0.203. The van der Waals surface area contributed by atoms with Crippen LogP contribution in [0, 0.1) is 0 Å². The molecule has 0 aliphatic carbocycles. The van der Waals surface area contributed by atoms with E-state index in [0.717, 1.165) is 24.7 Å². The number of hydrogen-bond acceptors (Lipinski definition) is 4. The summed E-state index contributed by atoms with van der Waals surface area (Å²) in [6, 6.07) is 0. The fraction of sp³-hybridized carbons (Fsp3) is 0.444. The zero-order chi connectivity index (χ0) is 10.7. The lowest BCUT2D eigenvalue weighted by Gasteiger charge is -2.03. The van der Waals surface area contributed by atoms with Crippen molar-refractivity contribution in [2.24, 2.45) is 14.1 Å². The lowest BCUT2D eigenvalue weighted by atomic mass is 10.4. The van der Waals surface area contributed by atoms with Gasteiger partial charge in [0.05, 0.1) is 0 Å². The normalized spacial score (nSPS) is 10.5. The number of anilines is 1. The quantitative estimate of drug-likeness (QED) is 0.776. The van der Waals surface area contributed by atoms with E-state index >= 15 is 0 Å². The van der Waals surface area contributed by atoms with Gasteiger partial charge in [-0.3, -0.25) is 4.68 Å². The van der Waals surface area contributed by atoms with Crippen molar-refractivity contribution >= 4 is 5.95 Å². The molecule has 0 unspecified atom stereocenters. The van der Waals surface area contributed by atoms with Crippen LogP contribution in [0.5, 0.6) is 0 Å². The first-order valence-corrected chi connectivity index (χ1v) is 4.81. The minimum absolute atomic E-state index is 0.787. The van der Waals surface area contributed by atoms with Crippen LogP contribution < -0.4 is 5.32 Å². The van der Waals surface area contributed by atoms with Crippen LogP contribution in [0.25, 0.3) is 0 Å². The third kappa shape index (κ3) is 2.34. The molecular formula is C9H14N6. The fourth-order valence-corrected chi connectivity index (χ4v) is 1.32. The van der Waals surface area contributed by atoms with Crippen LogP contribution in [-0.4, -0.2) is 30.9 Å². The van der Waals surface area contributed by atoms with Crippen LogP contribution >= 0.6 is 0 Å². The smallest absolute Gasteiger partial charge is 0.202 e. The largest absolute Gasteiger partial charge is 0.355 e. The molecule has 0 aliphatic heterocycles. The number of nitrogens with one attached hydrogen (secondary N) is 1. The van der Waals surface area contributed by atoms with Crippen molar-refractivity contribution in [2.45, 2.75) is 6.42 Å². The highest BCUT2D eigenvalue weighted by molar-refractivity contribution is 5.25. The van der Waals surface area contributed by atoms with Crippen molar-refractivity contribution in [2.75, 3.05) is 11.9 Å². The molecule has 0 aliphatic rings. The van der Waals surface area contributed by atoms with Crippen molar-refractivity contribution in [3.05, 3.63) is 24.5 Å². The summed E-state index contributed by atoms with van der Waals surface area (Å²) in [5.41, 5.74) is 0. The standard InChI is InChI=1S/C9H14N6/c1-14-6-5-11-9(14)10-4-3-8-12-7-15(2)13-8/h5-7H,3-4H2,1-2H3,(H,10,11). The molecule has 15 heavy (non-hydrogen) atoms. The van der Waals surface area contributed by atoms with Crippen molar-refractivity contribution in [1.29, 1.82) is 0 Å². The monoisotopic (exact) mass is 206 g/mol. The lowest BCUT2D eigenvalue weighted by molar-refractivity contribution is 0.740. The van der Waals surface area contributed by atoms with Crippen molar-refractivity contribution in [3.63, 3.8) is 0 Å². The number of imidazole rings is 1. The Morgan fingerprint density at radius 1 is 1.33 bits per heavy atom. The van der Waals surface area contributed by atoms with E-state index in [0.29, 0.717) is 0 Å².